The minimum Gasteiger partial charge on any atom is -0.459 e. The molecule has 1 fully saturated rings. The lowest BCUT2D eigenvalue weighted by atomic mass is 9.80. The first-order chi connectivity index (χ1) is 14.3. The molecule has 0 amide bonds. The summed E-state index contributed by atoms with van der Waals surface area (Å²) in [6, 6.07) is 9.66. The summed E-state index contributed by atoms with van der Waals surface area (Å²) < 4.78 is 11.1. The van der Waals surface area contributed by atoms with Gasteiger partial charge in [-0.15, -0.1) is 0 Å². The predicted octanol–water partition coefficient (Wildman–Crippen LogP) is 4.92. The fourth-order valence-corrected chi connectivity index (χ4v) is 4.05. The van der Waals surface area contributed by atoms with E-state index in [9.17, 15) is 9.59 Å². The number of carbonyl (C=O) groups is 2. The van der Waals surface area contributed by atoms with E-state index in [0.29, 0.717) is 24.0 Å². The van der Waals surface area contributed by atoms with Crippen LogP contribution >= 0.6 is 0 Å². The molecular weight excluding hydrogens is 394 g/mol. The molecule has 1 atom stereocenters. The number of piperidine rings is 1. The van der Waals surface area contributed by atoms with Crippen molar-refractivity contribution in [2.45, 2.75) is 77.7 Å². The zero-order valence-electron chi connectivity index (χ0n) is 19.6. The SMILES string of the molecule is C=C(C)C(=O)OCC(ON1C(C)(C)CC(OC(=O)C(=C)C)CC1(C)C)c1ccccc1. The van der Waals surface area contributed by atoms with Crippen LogP contribution < -0.4 is 0 Å². The topological polar surface area (TPSA) is 65.1 Å². The zero-order chi connectivity index (χ0) is 23.4. The quantitative estimate of drug-likeness (QED) is 0.432. The van der Waals surface area contributed by atoms with Crippen molar-refractivity contribution >= 4 is 11.9 Å². The van der Waals surface area contributed by atoms with Gasteiger partial charge in [0, 0.05) is 35.1 Å². The largest absolute Gasteiger partial charge is 0.459 e. The molecule has 1 unspecified atom stereocenters. The Balaban J connectivity index is 2.24. The molecular formula is C25H35NO5. The van der Waals surface area contributed by atoms with Gasteiger partial charge in [-0.1, -0.05) is 43.5 Å². The second kappa shape index (κ2) is 9.79. The van der Waals surface area contributed by atoms with E-state index < -0.39 is 23.2 Å². The minimum atomic E-state index is -0.488. The molecule has 6 nitrogen and oxygen atoms in total. The van der Waals surface area contributed by atoms with E-state index in [-0.39, 0.29) is 18.7 Å². The fourth-order valence-electron chi connectivity index (χ4n) is 4.05. The van der Waals surface area contributed by atoms with Gasteiger partial charge >= 0.3 is 11.9 Å². The molecule has 0 bridgehead atoms. The van der Waals surface area contributed by atoms with Crippen molar-refractivity contribution in [3.05, 3.63) is 60.2 Å². The molecule has 1 heterocycles. The molecule has 1 saturated heterocycles. The van der Waals surface area contributed by atoms with Gasteiger partial charge < -0.3 is 9.47 Å². The van der Waals surface area contributed by atoms with E-state index in [4.69, 9.17) is 14.3 Å². The number of hydrogen-bond donors (Lipinski definition) is 0. The van der Waals surface area contributed by atoms with Gasteiger partial charge in [0.25, 0.3) is 0 Å². The van der Waals surface area contributed by atoms with Crippen molar-refractivity contribution in [1.82, 2.24) is 5.06 Å². The number of ether oxygens (including phenoxy) is 2. The molecule has 170 valence electrons. The first-order valence-electron chi connectivity index (χ1n) is 10.5. The zero-order valence-corrected chi connectivity index (χ0v) is 19.6. The Labute approximate surface area is 185 Å². The van der Waals surface area contributed by atoms with Crippen LogP contribution in [0.4, 0.5) is 0 Å². The van der Waals surface area contributed by atoms with Gasteiger partial charge in [-0.2, -0.15) is 5.06 Å². The molecule has 1 aromatic carbocycles. The van der Waals surface area contributed by atoms with Crippen molar-refractivity contribution in [2.24, 2.45) is 0 Å². The summed E-state index contributed by atoms with van der Waals surface area (Å²) in [6.07, 6.45) is 0.466. The van der Waals surface area contributed by atoms with Crippen LogP contribution in [0, 0.1) is 0 Å². The van der Waals surface area contributed by atoms with Gasteiger partial charge in [-0.05, 0) is 47.1 Å². The first-order valence-corrected chi connectivity index (χ1v) is 10.5. The highest BCUT2D eigenvalue weighted by atomic mass is 16.7. The number of benzene rings is 1. The summed E-state index contributed by atoms with van der Waals surface area (Å²) in [5.74, 6) is -0.826. The second-order valence-corrected chi connectivity index (χ2v) is 9.52. The van der Waals surface area contributed by atoms with Crippen molar-refractivity contribution in [1.29, 1.82) is 0 Å². The lowest BCUT2D eigenvalue weighted by Gasteiger charge is -2.54. The standard InChI is InChI=1S/C25H35NO5/c1-17(2)22(27)29-16-21(19-12-10-9-11-13-19)31-26-24(5,6)14-20(15-25(26,7)8)30-23(28)18(3)4/h9-13,20-21H,1,3,14-16H2,2,4-8H3. The Kier molecular flexibility index (Phi) is 7.84. The van der Waals surface area contributed by atoms with E-state index in [1.54, 1.807) is 13.8 Å². The Morgan fingerprint density at radius 1 is 1.00 bits per heavy atom. The third-order valence-electron chi connectivity index (χ3n) is 5.29. The van der Waals surface area contributed by atoms with Gasteiger partial charge in [0.15, 0.2) is 0 Å². The fraction of sp³-hybridized carbons (Fsp3) is 0.520. The molecule has 0 aromatic heterocycles. The van der Waals surface area contributed by atoms with E-state index in [2.05, 4.69) is 40.9 Å². The van der Waals surface area contributed by atoms with E-state index in [0.717, 1.165) is 5.56 Å². The van der Waals surface area contributed by atoms with Crippen molar-refractivity contribution in [3.63, 3.8) is 0 Å². The molecule has 1 aliphatic heterocycles. The Morgan fingerprint density at radius 3 is 2.00 bits per heavy atom. The van der Waals surface area contributed by atoms with E-state index >= 15 is 0 Å². The molecule has 0 aliphatic carbocycles. The predicted molar refractivity (Wildman–Crippen MR) is 120 cm³/mol. The first kappa shape index (κ1) is 24.8. The monoisotopic (exact) mass is 429 g/mol. The third-order valence-corrected chi connectivity index (χ3v) is 5.29. The Bertz CT molecular complexity index is 810. The number of nitrogens with zero attached hydrogens (tertiary/aromatic N) is 1. The van der Waals surface area contributed by atoms with Crippen LogP contribution in [0.1, 0.15) is 66.1 Å². The maximum atomic E-state index is 12.1. The smallest absolute Gasteiger partial charge is 0.333 e. The maximum absolute atomic E-state index is 12.1. The van der Waals surface area contributed by atoms with Crippen LogP contribution in [0.3, 0.4) is 0 Å². The number of rotatable bonds is 8. The number of hydroxylamine groups is 2. The summed E-state index contributed by atoms with van der Waals surface area (Å²) in [7, 11) is 0. The van der Waals surface area contributed by atoms with Crippen LogP contribution in [0.2, 0.25) is 0 Å². The van der Waals surface area contributed by atoms with Gasteiger partial charge in [-0.3, -0.25) is 4.84 Å². The number of esters is 2. The maximum Gasteiger partial charge on any atom is 0.333 e. The van der Waals surface area contributed by atoms with Crippen LogP contribution in [0.5, 0.6) is 0 Å². The average Bonchev–Trinajstić information content (AvgIpc) is 2.66. The highest BCUT2D eigenvalue weighted by molar-refractivity contribution is 5.87. The molecule has 1 aliphatic rings. The van der Waals surface area contributed by atoms with Gasteiger partial charge in [0.2, 0.25) is 0 Å². The number of carbonyl (C=O) groups excluding carboxylic acids is 2. The lowest BCUT2D eigenvalue weighted by Crippen LogP contribution is -2.62. The highest BCUT2D eigenvalue weighted by Crippen LogP contribution is 2.42. The van der Waals surface area contributed by atoms with Crippen molar-refractivity contribution in [3.8, 4) is 0 Å². The van der Waals surface area contributed by atoms with Crippen LogP contribution in [0.25, 0.3) is 0 Å². The summed E-state index contributed by atoms with van der Waals surface area (Å²) >= 11 is 0. The molecule has 0 saturated carbocycles. The molecule has 2 rings (SSSR count). The minimum absolute atomic E-state index is 0.0619. The average molecular weight is 430 g/mol. The van der Waals surface area contributed by atoms with Gasteiger partial charge in [0.1, 0.15) is 18.8 Å². The Hall–Kier alpha value is -2.44. The van der Waals surface area contributed by atoms with Crippen molar-refractivity contribution < 1.29 is 23.9 Å². The Morgan fingerprint density at radius 2 is 1.52 bits per heavy atom. The van der Waals surface area contributed by atoms with Crippen LogP contribution in [-0.2, 0) is 23.9 Å². The summed E-state index contributed by atoms with van der Waals surface area (Å²) in [5, 5.41) is 1.96. The highest BCUT2D eigenvalue weighted by Gasteiger charge is 2.48. The van der Waals surface area contributed by atoms with Crippen LogP contribution in [-0.4, -0.2) is 40.8 Å². The second-order valence-electron chi connectivity index (χ2n) is 9.52. The summed E-state index contributed by atoms with van der Waals surface area (Å²) in [5.41, 5.74) is 0.755. The summed E-state index contributed by atoms with van der Waals surface area (Å²) in [4.78, 5) is 30.5. The van der Waals surface area contributed by atoms with Gasteiger partial charge in [-0.25, -0.2) is 9.59 Å². The van der Waals surface area contributed by atoms with E-state index in [1.165, 1.54) is 0 Å². The normalized spacial score (nSPS) is 19.3. The molecule has 0 spiro atoms. The van der Waals surface area contributed by atoms with Crippen molar-refractivity contribution in [2.75, 3.05) is 6.61 Å². The summed E-state index contributed by atoms with van der Waals surface area (Å²) in [6.45, 7) is 18.8. The van der Waals surface area contributed by atoms with Gasteiger partial charge in [0.05, 0.1) is 0 Å². The lowest BCUT2D eigenvalue weighted by molar-refractivity contribution is -0.320. The molecule has 0 N–H and O–H groups in total. The molecule has 6 heteroatoms. The number of hydrogen-bond acceptors (Lipinski definition) is 6. The van der Waals surface area contributed by atoms with E-state index in [1.807, 2.05) is 35.4 Å². The van der Waals surface area contributed by atoms with Crippen LogP contribution in [0.15, 0.2) is 54.6 Å². The molecule has 1 aromatic rings. The third kappa shape index (κ3) is 6.52. The molecule has 0 radical (unpaired) electrons. The molecule has 31 heavy (non-hydrogen) atoms.